The third-order valence-corrected chi connectivity index (χ3v) is 6.66. The Morgan fingerprint density at radius 3 is 2.37 bits per heavy atom. The Bertz CT molecular complexity index is 1510. The highest BCUT2D eigenvalue weighted by atomic mass is 35.5. The molecule has 5 rings (SSSR count). The fourth-order valence-electron chi connectivity index (χ4n) is 4.45. The van der Waals surface area contributed by atoms with Crippen LogP contribution >= 0.6 is 23.2 Å². The van der Waals surface area contributed by atoms with Gasteiger partial charge < -0.3 is 9.84 Å². The van der Waals surface area contributed by atoms with Gasteiger partial charge in [0.05, 0.1) is 23.7 Å². The van der Waals surface area contributed by atoms with Crippen molar-refractivity contribution in [3.63, 3.8) is 0 Å². The smallest absolute Gasteiger partial charge is 0.300 e. The first-order valence-electron chi connectivity index (χ1n) is 10.8. The van der Waals surface area contributed by atoms with Gasteiger partial charge in [0.1, 0.15) is 11.5 Å². The molecule has 4 aromatic carbocycles. The molecular weight excluding hydrogens is 485 g/mol. The molecule has 1 N–H and O–H groups in total. The van der Waals surface area contributed by atoms with E-state index in [4.69, 9.17) is 27.9 Å². The summed E-state index contributed by atoms with van der Waals surface area (Å²) in [6.07, 6.45) is 0. The van der Waals surface area contributed by atoms with Gasteiger partial charge in [0.15, 0.2) is 0 Å². The van der Waals surface area contributed by atoms with Gasteiger partial charge in [0.25, 0.3) is 11.7 Å². The summed E-state index contributed by atoms with van der Waals surface area (Å²) in [6, 6.07) is 23.8. The molecule has 1 saturated heterocycles. The van der Waals surface area contributed by atoms with Crippen LogP contribution < -0.4 is 9.64 Å². The van der Waals surface area contributed by atoms with Crippen LogP contribution in [0.25, 0.3) is 16.5 Å². The standard InChI is InChI=1S/C28H19Cl2NO4/c1-35-23-15-17(9-14-22(23)30)26(32)24-25(21-8-4-6-16-5-2-3-7-20(16)21)31(28(34)27(24)33)19-12-10-18(29)11-13-19/h2-15,25,32H,1H3/b26-24-. The predicted octanol–water partition coefficient (Wildman–Crippen LogP) is 6.78. The van der Waals surface area contributed by atoms with Gasteiger partial charge in [0.2, 0.25) is 0 Å². The van der Waals surface area contributed by atoms with Gasteiger partial charge in [-0.3, -0.25) is 14.5 Å². The fraction of sp³-hybridized carbons (Fsp3) is 0.0714. The number of halogens is 2. The van der Waals surface area contributed by atoms with Gasteiger partial charge in [0, 0.05) is 16.3 Å². The number of ether oxygens (including phenoxy) is 1. The highest BCUT2D eigenvalue weighted by Crippen LogP contribution is 2.44. The number of amides is 1. The molecule has 1 atom stereocenters. The molecular formula is C28H19Cl2NO4. The maximum absolute atomic E-state index is 13.4. The van der Waals surface area contributed by atoms with E-state index >= 15 is 0 Å². The van der Waals surface area contributed by atoms with Crippen LogP contribution in [0.3, 0.4) is 0 Å². The second kappa shape index (κ2) is 9.10. The molecule has 5 nitrogen and oxygen atoms in total. The molecule has 4 aromatic rings. The first kappa shape index (κ1) is 23.0. The van der Waals surface area contributed by atoms with Gasteiger partial charge in [-0.2, -0.15) is 0 Å². The molecule has 1 aliphatic heterocycles. The molecule has 0 radical (unpaired) electrons. The maximum atomic E-state index is 13.4. The lowest BCUT2D eigenvalue weighted by Gasteiger charge is -2.26. The van der Waals surface area contributed by atoms with E-state index in [1.54, 1.807) is 36.4 Å². The lowest BCUT2D eigenvalue weighted by molar-refractivity contribution is -0.132. The van der Waals surface area contributed by atoms with Crippen LogP contribution in [0.2, 0.25) is 10.0 Å². The monoisotopic (exact) mass is 503 g/mol. The number of hydrogen-bond acceptors (Lipinski definition) is 4. The largest absolute Gasteiger partial charge is 0.507 e. The Labute approximate surface area is 211 Å². The van der Waals surface area contributed by atoms with E-state index in [0.717, 1.165) is 10.8 Å². The molecule has 0 spiro atoms. The van der Waals surface area contributed by atoms with Gasteiger partial charge in [-0.05, 0) is 58.8 Å². The molecule has 1 heterocycles. The summed E-state index contributed by atoms with van der Waals surface area (Å²) in [6.45, 7) is 0. The summed E-state index contributed by atoms with van der Waals surface area (Å²) in [5.74, 6) is -1.51. The van der Waals surface area contributed by atoms with Crippen molar-refractivity contribution in [2.24, 2.45) is 0 Å². The first-order valence-corrected chi connectivity index (χ1v) is 11.5. The second-order valence-electron chi connectivity index (χ2n) is 8.06. The van der Waals surface area contributed by atoms with Crippen LogP contribution in [0, 0.1) is 0 Å². The number of aliphatic hydroxyl groups is 1. The summed E-state index contributed by atoms with van der Waals surface area (Å²) in [5, 5.41) is 14.1. The van der Waals surface area contributed by atoms with Crippen molar-refractivity contribution >= 4 is 57.1 Å². The molecule has 1 fully saturated rings. The number of ketones is 1. The molecule has 0 aromatic heterocycles. The summed E-state index contributed by atoms with van der Waals surface area (Å²) in [7, 11) is 1.46. The molecule has 174 valence electrons. The molecule has 0 aliphatic carbocycles. The average molecular weight is 504 g/mol. The van der Waals surface area contributed by atoms with Gasteiger partial charge in [-0.1, -0.05) is 65.7 Å². The number of carbonyl (C=O) groups is 2. The number of carbonyl (C=O) groups excluding carboxylic acids is 2. The zero-order valence-corrected chi connectivity index (χ0v) is 20.0. The minimum absolute atomic E-state index is 0.0225. The number of hydrogen-bond donors (Lipinski definition) is 1. The van der Waals surface area contributed by atoms with Crippen LogP contribution in [-0.2, 0) is 9.59 Å². The van der Waals surface area contributed by atoms with Crippen molar-refractivity contribution < 1.29 is 19.4 Å². The van der Waals surface area contributed by atoms with E-state index in [-0.39, 0.29) is 11.3 Å². The molecule has 1 aliphatic rings. The van der Waals surface area contributed by atoms with E-state index < -0.39 is 17.7 Å². The summed E-state index contributed by atoms with van der Waals surface area (Å²) in [5.41, 5.74) is 1.48. The summed E-state index contributed by atoms with van der Waals surface area (Å²) >= 11 is 12.2. The molecule has 7 heteroatoms. The Kier molecular flexibility index (Phi) is 5.97. The van der Waals surface area contributed by atoms with E-state index in [9.17, 15) is 14.7 Å². The van der Waals surface area contributed by atoms with Gasteiger partial charge in [-0.25, -0.2) is 0 Å². The number of aliphatic hydroxyl groups excluding tert-OH is 1. The topological polar surface area (TPSA) is 66.8 Å². The Morgan fingerprint density at radius 2 is 1.63 bits per heavy atom. The van der Waals surface area contributed by atoms with Gasteiger partial charge >= 0.3 is 0 Å². The highest BCUT2D eigenvalue weighted by Gasteiger charge is 2.47. The number of rotatable bonds is 4. The predicted molar refractivity (Wildman–Crippen MR) is 138 cm³/mol. The molecule has 35 heavy (non-hydrogen) atoms. The Hall–Kier alpha value is -3.80. The van der Waals surface area contributed by atoms with E-state index in [2.05, 4.69) is 0 Å². The van der Waals surface area contributed by atoms with Gasteiger partial charge in [-0.15, -0.1) is 0 Å². The van der Waals surface area contributed by atoms with E-state index in [1.165, 1.54) is 18.1 Å². The molecule has 0 saturated carbocycles. The maximum Gasteiger partial charge on any atom is 0.300 e. The van der Waals surface area contributed by atoms with Crippen LogP contribution in [0.15, 0.2) is 90.5 Å². The number of nitrogens with zero attached hydrogens (tertiary/aromatic N) is 1. The van der Waals surface area contributed by atoms with Crippen molar-refractivity contribution in [3.05, 3.63) is 112 Å². The lowest BCUT2D eigenvalue weighted by Crippen LogP contribution is -2.29. The number of Topliss-reactive ketones (excluding diaryl/α,β-unsaturated/α-hetero) is 1. The van der Waals surface area contributed by atoms with Crippen LogP contribution in [0.1, 0.15) is 17.2 Å². The third kappa shape index (κ3) is 3.93. The average Bonchev–Trinajstić information content (AvgIpc) is 3.14. The SMILES string of the molecule is COc1cc(/C(O)=C2/C(=O)C(=O)N(c3ccc(Cl)cc3)C2c2cccc3ccccc23)ccc1Cl. The van der Waals surface area contributed by atoms with Crippen molar-refractivity contribution in [2.45, 2.75) is 6.04 Å². The van der Waals surface area contributed by atoms with Crippen LogP contribution in [0.4, 0.5) is 5.69 Å². The zero-order chi connectivity index (χ0) is 24.7. The van der Waals surface area contributed by atoms with Crippen molar-refractivity contribution in [1.82, 2.24) is 0 Å². The normalized spacial score (nSPS) is 17.2. The Morgan fingerprint density at radius 1 is 0.914 bits per heavy atom. The number of anilines is 1. The minimum atomic E-state index is -0.871. The van der Waals surface area contributed by atoms with Crippen molar-refractivity contribution in [1.29, 1.82) is 0 Å². The van der Waals surface area contributed by atoms with Crippen LogP contribution in [-0.4, -0.2) is 23.9 Å². The first-order chi connectivity index (χ1) is 16.9. The molecule has 1 amide bonds. The lowest BCUT2D eigenvalue weighted by atomic mass is 9.91. The summed E-state index contributed by atoms with van der Waals surface area (Å²) < 4.78 is 5.28. The van der Waals surface area contributed by atoms with Crippen molar-refractivity contribution in [3.8, 4) is 5.75 Å². The minimum Gasteiger partial charge on any atom is -0.507 e. The number of methoxy groups -OCH3 is 1. The third-order valence-electron chi connectivity index (χ3n) is 6.09. The highest BCUT2D eigenvalue weighted by molar-refractivity contribution is 6.52. The summed E-state index contributed by atoms with van der Waals surface area (Å²) in [4.78, 5) is 28.2. The molecule has 0 bridgehead atoms. The second-order valence-corrected chi connectivity index (χ2v) is 8.91. The van der Waals surface area contributed by atoms with Crippen LogP contribution in [0.5, 0.6) is 5.75 Å². The Balaban J connectivity index is 1.80. The number of benzene rings is 4. The number of fused-ring (bicyclic) bond motifs is 1. The zero-order valence-electron chi connectivity index (χ0n) is 18.5. The quantitative estimate of drug-likeness (QED) is 0.189. The van der Waals surface area contributed by atoms with Crippen molar-refractivity contribution in [2.75, 3.05) is 12.0 Å². The van der Waals surface area contributed by atoms with E-state index in [0.29, 0.717) is 32.6 Å². The van der Waals surface area contributed by atoms with E-state index in [1.807, 2.05) is 42.5 Å². The molecule has 1 unspecified atom stereocenters. The fourth-order valence-corrected chi connectivity index (χ4v) is 4.77.